The largest absolute Gasteiger partial charge is 0.368 e. The van der Waals surface area contributed by atoms with Crippen molar-refractivity contribution < 1.29 is 9.53 Å². The molecule has 57 valence electrons. The second kappa shape index (κ2) is 3.68. The molecule has 10 heavy (non-hydrogen) atoms. The Hall–Kier alpha value is -0.410. The van der Waals surface area contributed by atoms with Crippen LogP contribution in [0.3, 0.4) is 0 Å². The lowest BCUT2D eigenvalue weighted by atomic mass is 10.1. The third-order valence-corrected chi connectivity index (χ3v) is 1.53. The average Bonchev–Trinajstić information content (AvgIpc) is 2.05. The number of carbonyl (C=O) groups is 1. The summed E-state index contributed by atoms with van der Waals surface area (Å²) < 4.78 is 5.19. The summed E-state index contributed by atoms with van der Waals surface area (Å²) in [5.74, 6) is 0.0761. The van der Waals surface area contributed by atoms with Crippen LogP contribution in [0.15, 0.2) is 0 Å². The summed E-state index contributed by atoms with van der Waals surface area (Å²) in [6.07, 6.45) is 1.32. The summed E-state index contributed by atoms with van der Waals surface area (Å²) in [5, 5.41) is 3.08. The fraction of sp³-hybridized carbons (Fsp3) is 0.714. The van der Waals surface area contributed by atoms with Crippen molar-refractivity contribution in [2.24, 2.45) is 0 Å². The maximum Gasteiger partial charge on any atom is 0.166 e. The summed E-state index contributed by atoms with van der Waals surface area (Å²) in [7, 11) is 0. The van der Waals surface area contributed by atoms with Crippen molar-refractivity contribution >= 4 is 5.78 Å². The van der Waals surface area contributed by atoms with E-state index in [2.05, 4.69) is 5.32 Å². The third-order valence-electron chi connectivity index (χ3n) is 1.53. The number of hydrogen-bond donors (Lipinski definition) is 1. The molecule has 3 nitrogen and oxygen atoms in total. The zero-order valence-electron chi connectivity index (χ0n) is 6.09. The summed E-state index contributed by atoms with van der Waals surface area (Å²) in [6.45, 7) is 3.89. The first-order valence-corrected chi connectivity index (χ1v) is 3.50. The van der Waals surface area contributed by atoms with Crippen LogP contribution in [0.1, 0.15) is 6.92 Å². The highest BCUT2D eigenvalue weighted by Crippen LogP contribution is 1.98. The lowest BCUT2D eigenvalue weighted by Crippen LogP contribution is -2.42. The predicted octanol–water partition coefficient (Wildman–Crippen LogP) is -0.232. The number of carbonyl (C=O) groups excluding carboxylic acids is 1. The van der Waals surface area contributed by atoms with Gasteiger partial charge in [-0.25, -0.2) is 0 Å². The van der Waals surface area contributed by atoms with Crippen molar-refractivity contribution in [2.45, 2.75) is 13.0 Å². The van der Waals surface area contributed by atoms with E-state index in [0.29, 0.717) is 13.2 Å². The third kappa shape index (κ3) is 1.78. The molecule has 1 saturated heterocycles. The van der Waals surface area contributed by atoms with E-state index < -0.39 is 0 Å². The number of rotatable bonds is 2. The van der Waals surface area contributed by atoms with Crippen LogP contribution >= 0.6 is 0 Å². The zero-order valence-corrected chi connectivity index (χ0v) is 6.09. The van der Waals surface area contributed by atoms with Gasteiger partial charge in [-0.3, -0.25) is 4.79 Å². The molecule has 0 saturated carbocycles. The van der Waals surface area contributed by atoms with Gasteiger partial charge in [-0.1, -0.05) is 6.92 Å². The van der Waals surface area contributed by atoms with Crippen molar-refractivity contribution in [1.29, 1.82) is 0 Å². The predicted molar refractivity (Wildman–Crippen MR) is 37.6 cm³/mol. The minimum absolute atomic E-state index is 0.0761. The van der Waals surface area contributed by atoms with Gasteiger partial charge in [0.1, 0.15) is 6.10 Å². The van der Waals surface area contributed by atoms with Crippen LogP contribution in [-0.2, 0) is 9.53 Å². The molecule has 0 aliphatic carbocycles. The van der Waals surface area contributed by atoms with E-state index in [9.17, 15) is 4.79 Å². The molecular formula is C7H12NO2. The highest BCUT2D eigenvalue weighted by Gasteiger charge is 2.19. The monoisotopic (exact) mass is 142 g/mol. The Morgan fingerprint density at radius 1 is 1.80 bits per heavy atom. The Kier molecular flexibility index (Phi) is 2.83. The van der Waals surface area contributed by atoms with Crippen LogP contribution in [0.4, 0.5) is 0 Å². The fourth-order valence-electron chi connectivity index (χ4n) is 0.934. The first-order valence-electron chi connectivity index (χ1n) is 3.50. The van der Waals surface area contributed by atoms with Crippen LogP contribution in [0.2, 0.25) is 0 Å². The van der Waals surface area contributed by atoms with Gasteiger partial charge < -0.3 is 10.1 Å². The van der Waals surface area contributed by atoms with Crippen molar-refractivity contribution in [3.63, 3.8) is 0 Å². The van der Waals surface area contributed by atoms with Gasteiger partial charge in [0.2, 0.25) is 0 Å². The zero-order chi connectivity index (χ0) is 7.40. The number of ether oxygens (including phenoxy) is 1. The normalized spacial score (nSPS) is 26.3. The van der Waals surface area contributed by atoms with Crippen molar-refractivity contribution in [1.82, 2.24) is 5.32 Å². The molecule has 1 aliphatic heterocycles. The van der Waals surface area contributed by atoms with E-state index in [0.717, 1.165) is 6.54 Å². The van der Waals surface area contributed by atoms with E-state index >= 15 is 0 Å². The highest BCUT2D eigenvalue weighted by molar-refractivity contribution is 5.90. The number of morpholine rings is 1. The molecule has 1 heterocycles. The molecule has 1 rings (SSSR count). The molecule has 1 unspecified atom stereocenters. The minimum atomic E-state index is -0.237. The van der Waals surface area contributed by atoms with Gasteiger partial charge in [0.15, 0.2) is 5.78 Å². The molecule has 0 aromatic carbocycles. The van der Waals surface area contributed by atoms with Gasteiger partial charge in [-0.05, 0) is 0 Å². The Morgan fingerprint density at radius 2 is 2.60 bits per heavy atom. The summed E-state index contributed by atoms with van der Waals surface area (Å²) >= 11 is 0. The molecule has 1 atom stereocenters. The summed E-state index contributed by atoms with van der Waals surface area (Å²) in [4.78, 5) is 10.9. The van der Waals surface area contributed by atoms with Crippen LogP contribution < -0.4 is 5.32 Å². The van der Waals surface area contributed by atoms with E-state index in [1.807, 2.05) is 0 Å². The second-order valence-corrected chi connectivity index (χ2v) is 2.25. The molecule has 0 bridgehead atoms. The van der Waals surface area contributed by atoms with Crippen LogP contribution in [0.5, 0.6) is 0 Å². The summed E-state index contributed by atoms with van der Waals surface area (Å²) in [5.41, 5.74) is 0. The molecule has 1 fully saturated rings. The molecule has 0 aromatic heterocycles. The van der Waals surface area contributed by atoms with Crippen LogP contribution in [0, 0.1) is 6.42 Å². The van der Waals surface area contributed by atoms with Crippen LogP contribution in [-0.4, -0.2) is 31.6 Å². The Morgan fingerprint density at radius 3 is 3.10 bits per heavy atom. The first kappa shape index (κ1) is 7.69. The number of Topliss-reactive ketones (excluding diaryl/α,β-unsaturated/α-hetero) is 1. The maximum absolute atomic E-state index is 10.9. The molecule has 0 spiro atoms. The van der Waals surface area contributed by atoms with Gasteiger partial charge in [-0.2, -0.15) is 0 Å². The van der Waals surface area contributed by atoms with Crippen molar-refractivity contribution in [3.8, 4) is 0 Å². The van der Waals surface area contributed by atoms with Gasteiger partial charge >= 0.3 is 0 Å². The molecule has 1 N–H and O–H groups in total. The quantitative estimate of drug-likeness (QED) is 0.578. The van der Waals surface area contributed by atoms with E-state index in [4.69, 9.17) is 4.74 Å². The molecule has 0 aromatic rings. The number of nitrogens with one attached hydrogen (secondary N) is 1. The topological polar surface area (TPSA) is 38.3 Å². The Bertz CT molecular complexity index is 119. The molecule has 1 radical (unpaired) electrons. The van der Waals surface area contributed by atoms with Crippen molar-refractivity contribution in [2.75, 3.05) is 19.7 Å². The lowest BCUT2D eigenvalue weighted by Gasteiger charge is -2.21. The Labute approximate surface area is 60.7 Å². The molecular weight excluding hydrogens is 130 g/mol. The first-order chi connectivity index (χ1) is 4.84. The smallest absolute Gasteiger partial charge is 0.166 e. The highest BCUT2D eigenvalue weighted by atomic mass is 16.5. The van der Waals surface area contributed by atoms with Gasteiger partial charge in [0, 0.05) is 19.5 Å². The molecule has 0 amide bonds. The molecule has 3 heteroatoms. The van der Waals surface area contributed by atoms with E-state index in [-0.39, 0.29) is 11.9 Å². The second-order valence-electron chi connectivity index (χ2n) is 2.25. The average molecular weight is 142 g/mol. The van der Waals surface area contributed by atoms with Gasteiger partial charge in [-0.15, -0.1) is 0 Å². The molecule has 1 aliphatic rings. The van der Waals surface area contributed by atoms with E-state index in [1.165, 1.54) is 0 Å². The number of hydrogen-bond acceptors (Lipinski definition) is 3. The summed E-state index contributed by atoms with van der Waals surface area (Å²) in [6, 6.07) is 0. The van der Waals surface area contributed by atoms with E-state index in [1.54, 1.807) is 13.3 Å². The maximum atomic E-state index is 10.9. The standard InChI is InChI=1S/C7H12NO2/c1-2-6(9)7-5-8-3-4-10-7/h2,7-8H,3-5H2,1H3. The van der Waals surface area contributed by atoms with Gasteiger partial charge in [0.25, 0.3) is 0 Å². The lowest BCUT2D eigenvalue weighted by molar-refractivity contribution is -0.128. The minimum Gasteiger partial charge on any atom is -0.368 e. The van der Waals surface area contributed by atoms with Gasteiger partial charge in [0.05, 0.1) is 6.61 Å². The fourth-order valence-corrected chi connectivity index (χ4v) is 0.934. The SMILES string of the molecule is C[CH]C(=O)C1CNCCO1. The number of ketones is 1. The Balaban J connectivity index is 2.31. The van der Waals surface area contributed by atoms with Crippen molar-refractivity contribution in [3.05, 3.63) is 6.42 Å². The van der Waals surface area contributed by atoms with Crippen LogP contribution in [0.25, 0.3) is 0 Å².